The third-order valence-corrected chi connectivity index (χ3v) is 4.97. The Morgan fingerprint density at radius 3 is 2.71 bits per heavy atom. The molecule has 1 unspecified atom stereocenters. The van der Waals surface area contributed by atoms with Crippen LogP contribution in [0.3, 0.4) is 0 Å². The fourth-order valence-corrected chi connectivity index (χ4v) is 3.56. The van der Waals surface area contributed by atoms with Crippen LogP contribution in [0.4, 0.5) is 8.78 Å². The van der Waals surface area contributed by atoms with Gasteiger partial charge in [0, 0.05) is 24.5 Å². The zero-order chi connectivity index (χ0) is 16.9. The van der Waals surface area contributed by atoms with Crippen LogP contribution < -0.4 is 5.32 Å². The van der Waals surface area contributed by atoms with Crippen molar-refractivity contribution < 1.29 is 13.6 Å². The SMILES string of the molecule is O=C(CSc1ccc(F)cc1)N1CCNCC1c1cccc(F)c1. The lowest BCUT2D eigenvalue weighted by Crippen LogP contribution is -2.49. The van der Waals surface area contributed by atoms with E-state index in [2.05, 4.69) is 5.32 Å². The molecule has 0 aliphatic carbocycles. The molecule has 0 saturated carbocycles. The minimum absolute atomic E-state index is 0.0000798. The number of nitrogens with one attached hydrogen (secondary N) is 1. The van der Waals surface area contributed by atoms with Crippen molar-refractivity contribution in [2.24, 2.45) is 0 Å². The van der Waals surface area contributed by atoms with E-state index in [0.29, 0.717) is 13.1 Å². The summed E-state index contributed by atoms with van der Waals surface area (Å²) < 4.78 is 26.4. The predicted octanol–water partition coefficient (Wildman–Crippen LogP) is 3.23. The number of thioether (sulfide) groups is 1. The highest BCUT2D eigenvalue weighted by Gasteiger charge is 2.27. The van der Waals surface area contributed by atoms with E-state index in [1.54, 1.807) is 23.1 Å². The van der Waals surface area contributed by atoms with Gasteiger partial charge in [-0.25, -0.2) is 8.78 Å². The molecule has 126 valence electrons. The lowest BCUT2D eigenvalue weighted by Gasteiger charge is -2.36. The Bertz CT molecular complexity index is 708. The second-order valence-corrected chi connectivity index (χ2v) is 6.65. The van der Waals surface area contributed by atoms with Crippen LogP contribution in [0.1, 0.15) is 11.6 Å². The number of halogens is 2. The van der Waals surface area contributed by atoms with Crippen molar-refractivity contribution in [3.63, 3.8) is 0 Å². The topological polar surface area (TPSA) is 32.3 Å². The van der Waals surface area contributed by atoms with Crippen molar-refractivity contribution in [3.8, 4) is 0 Å². The van der Waals surface area contributed by atoms with Gasteiger partial charge in [0.05, 0.1) is 11.8 Å². The number of hydrogen-bond donors (Lipinski definition) is 1. The molecular formula is C18H18F2N2OS. The van der Waals surface area contributed by atoms with Gasteiger partial charge in [0.2, 0.25) is 5.91 Å². The Hall–Kier alpha value is -1.92. The number of piperazine rings is 1. The number of carbonyl (C=O) groups is 1. The summed E-state index contributed by atoms with van der Waals surface area (Å²) in [6, 6.07) is 12.3. The van der Waals surface area contributed by atoms with Crippen LogP contribution in [0.2, 0.25) is 0 Å². The molecule has 1 saturated heterocycles. The first-order valence-corrected chi connectivity index (χ1v) is 8.76. The summed E-state index contributed by atoms with van der Waals surface area (Å²) in [7, 11) is 0. The Morgan fingerprint density at radius 1 is 1.17 bits per heavy atom. The number of benzene rings is 2. The quantitative estimate of drug-likeness (QED) is 0.861. The molecular weight excluding hydrogens is 330 g/mol. The van der Waals surface area contributed by atoms with Crippen molar-refractivity contribution in [3.05, 3.63) is 65.7 Å². The highest BCUT2D eigenvalue weighted by Crippen LogP contribution is 2.25. The maximum atomic E-state index is 13.5. The van der Waals surface area contributed by atoms with Gasteiger partial charge in [-0.15, -0.1) is 11.8 Å². The molecule has 1 aliphatic rings. The number of nitrogens with zero attached hydrogens (tertiary/aromatic N) is 1. The molecule has 2 aromatic rings. The normalized spacial score (nSPS) is 17.8. The molecule has 0 radical (unpaired) electrons. The van der Waals surface area contributed by atoms with Crippen LogP contribution in [0.25, 0.3) is 0 Å². The largest absolute Gasteiger partial charge is 0.332 e. The summed E-state index contributed by atoms with van der Waals surface area (Å²) in [4.78, 5) is 15.3. The Balaban J connectivity index is 1.68. The molecule has 1 aliphatic heterocycles. The molecule has 0 spiro atoms. The van der Waals surface area contributed by atoms with Gasteiger partial charge in [0.15, 0.2) is 0 Å². The minimum Gasteiger partial charge on any atom is -0.332 e. The summed E-state index contributed by atoms with van der Waals surface area (Å²) in [6.45, 7) is 1.92. The molecule has 1 atom stereocenters. The van der Waals surface area contributed by atoms with Crippen LogP contribution in [0.5, 0.6) is 0 Å². The van der Waals surface area contributed by atoms with Gasteiger partial charge in [-0.05, 0) is 42.0 Å². The summed E-state index contributed by atoms with van der Waals surface area (Å²) in [5.74, 6) is -0.317. The number of carbonyl (C=O) groups excluding carboxylic acids is 1. The summed E-state index contributed by atoms with van der Waals surface area (Å²) in [5, 5.41) is 3.25. The number of hydrogen-bond acceptors (Lipinski definition) is 3. The van der Waals surface area contributed by atoms with Gasteiger partial charge in [0.25, 0.3) is 0 Å². The molecule has 0 aromatic heterocycles. The second-order valence-electron chi connectivity index (χ2n) is 5.60. The monoisotopic (exact) mass is 348 g/mol. The van der Waals surface area contributed by atoms with Gasteiger partial charge in [0.1, 0.15) is 11.6 Å². The summed E-state index contributed by atoms with van der Waals surface area (Å²) in [6.07, 6.45) is 0. The average molecular weight is 348 g/mol. The fraction of sp³-hybridized carbons (Fsp3) is 0.278. The van der Waals surface area contributed by atoms with Crippen molar-refractivity contribution in [1.29, 1.82) is 0 Å². The Labute approximate surface area is 144 Å². The van der Waals surface area contributed by atoms with E-state index in [-0.39, 0.29) is 29.3 Å². The van der Waals surface area contributed by atoms with E-state index >= 15 is 0 Å². The second kappa shape index (κ2) is 7.77. The maximum Gasteiger partial charge on any atom is 0.233 e. The third kappa shape index (κ3) is 4.13. The highest BCUT2D eigenvalue weighted by atomic mass is 32.2. The lowest BCUT2D eigenvalue weighted by atomic mass is 10.0. The van der Waals surface area contributed by atoms with E-state index < -0.39 is 0 Å². The molecule has 1 N–H and O–H groups in total. The van der Waals surface area contributed by atoms with Crippen LogP contribution in [-0.4, -0.2) is 36.2 Å². The summed E-state index contributed by atoms with van der Waals surface area (Å²) >= 11 is 1.38. The van der Waals surface area contributed by atoms with Gasteiger partial charge in [-0.2, -0.15) is 0 Å². The minimum atomic E-state index is -0.300. The van der Waals surface area contributed by atoms with E-state index in [4.69, 9.17) is 0 Å². The molecule has 6 heteroatoms. The first kappa shape index (κ1) is 16.9. The first-order chi connectivity index (χ1) is 11.6. The standard InChI is InChI=1S/C18H18F2N2OS/c19-14-4-6-16(7-5-14)24-12-18(23)22-9-8-21-11-17(22)13-2-1-3-15(20)10-13/h1-7,10,17,21H,8-9,11-12H2. The molecule has 3 rings (SSSR count). The van der Waals surface area contributed by atoms with Gasteiger partial charge < -0.3 is 10.2 Å². The maximum absolute atomic E-state index is 13.5. The number of amides is 1. The third-order valence-electron chi connectivity index (χ3n) is 3.97. The van der Waals surface area contributed by atoms with Crippen LogP contribution >= 0.6 is 11.8 Å². The fourth-order valence-electron chi connectivity index (χ4n) is 2.77. The van der Waals surface area contributed by atoms with Crippen LogP contribution in [-0.2, 0) is 4.79 Å². The molecule has 1 fully saturated rings. The van der Waals surface area contributed by atoms with Gasteiger partial charge in [-0.3, -0.25) is 4.79 Å². The molecule has 3 nitrogen and oxygen atoms in total. The molecule has 0 bridgehead atoms. The van der Waals surface area contributed by atoms with E-state index in [1.807, 2.05) is 6.07 Å². The molecule has 24 heavy (non-hydrogen) atoms. The number of rotatable bonds is 4. The van der Waals surface area contributed by atoms with E-state index in [0.717, 1.165) is 17.0 Å². The van der Waals surface area contributed by atoms with Crippen molar-refractivity contribution >= 4 is 17.7 Å². The van der Waals surface area contributed by atoms with Crippen LogP contribution in [0, 0.1) is 11.6 Å². The molecule has 1 amide bonds. The zero-order valence-corrected chi connectivity index (χ0v) is 13.9. The van der Waals surface area contributed by atoms with Crippen molar-refractivity contribution in [2.75, 3.05) is 25.4 Å². The van der Waals surface area contributed by atoms with E-state index in [1.165, 1.54) is 36.0 Å². The predicted molar refractivity (Wildman–Crippen MR) is 90.8 cm³/mol. The first-order valence-electron chi connectivity index (χ1n) is 7.77. The van der Waals surface area contributed by atoms with Gasteiger partial charge in [-0.1, -0.05) is 12.1 Å². The zero-order valence-electron chi connectivity index (χ0n) is 13.0. The lowest BCUT2D eigenvalue weighted by molar-refractivity contribution is -0.131. The van der Waals surface area contributed by atoms with Crippen LogP contribution in [0.15, 0.2) is 53.4 Å². The van der Waals surface area contributed by atoms with Gasteiger partial charge >= 0.3 is 0 Å². The van der Waals surface area contributed by atoms with Crippen molar-refractivity contribution in [2.45, 2.75) is 10.9 Å². The average Bonchev–Trinajstić information content (AvgIpc) is 2.61. The summed E-state index contributed by atoms with van der Waals surface area (Å²) in [5.41, 5.74) is 0.794. The Kier molecular flexibility index (Phi) is 5.48. The smallest absolute Gasteiger partial charge is 0.233 e. The molecule has 2 aromatic carbocycles. The highest BCUT2D eigenvalue weighted by molar-refractivity contribution is 8.00. The Morgan fingerprint density at radius 2 is 1.96 bits per heavy atom. The molecule has 1 heterocycles. The van der Waals surface area contributed by atoms with Crippen molar-refractivity contribution in [1.82, 2.24) is 10.2 Å². The van der Waals surface area contributed by atoms with E-state index in [9.17, 15) is 13.6 Å².